The van der Waals surface area contributed by atoms with Gasteiger partial charge in [-0.15, -0.1) is 0 Å². The second-order valence-corrected chi connectivity index (χ2v) is 4.47. The monoisotopic (exact) mass is 265 g/mol. The molecule has 1 unspecified atom stereocenters. The fourth-order valence-corrected chi connectivity index (χ4v) is 2.34. The number of hydrogen-bond acceptors (Lipinski definition) is 3. The molecule has 2 amide bonds. The number of carbonyl (C=O) groups is 3. The predicted molar refractivity (Wildman–Crippen MR) is 65.3 cm³/mol. The van der Waals surface area contributed by atoms with Crippen LogP contribution in [0.1, 0.15) is 23.3 Å². The van der Waals surface area contributed by atoms with Crippen molar-refractivity contribution in [3.63, 3.8) is 0 Å². The smallest absolute Gasteiger partial charge is 0.323 e. The van der Waals surface area contributed by atoms with Crippen molar-refractivity contribution >= 4 is 17.8 Å². The molecule has 7 heteroatoms. The van der Waals surface area contributed by atoms with Gasteiger partial charge in [0.15, 0.2) is 0 Å². The zero-order valence-corrected chi connectivity index (χ0v) is 10.3. The van der Waals surface area contributed by atoms with Crippen molar-refractivity contribution in [1.29, 1.82) is 0 Å². The average Bonchev–Trinajstić information content (AvgIpc) is 2.94. The van der Waals surface area contributed by atoms with Gasteiger partial charge in [-0.05, 0) is 25.0 Å². The van der Waals surface area contributed by atoms with Gasteiger partial charge in [0.2, 0.25) is 5.91 Å². The molecule has 0 radical (unpaired) electrons. The fourth-order valence-electron chi connectivity index (χ4n) is 2.34. The first-order valence-corrected chi connectivity index (χ1v) is 5.98. The summed E-state index contributed by atoms with van der Waals surface area (Å²) in [5, 5.41) is 8.78. The van der Waals surface area contributed by atoms with Crippen molar-refractivity contribution in [2.24, 2.45) is 5.73 Å². The summed E-state index contributed by atoms with van der Waals surface area (Å²) in [6.07, 6.45) is 2.80. The predicted octanol–water partition coefficient (Wildman–Crippen LogP) is -0.337. The van der Waals surface area contributed by atoms with E-state index in [-0.39, 0.29) is 18.1 Å². The fraction of sp³-hybridized carbons (Fsp3) is 0.417. The molecule has 3 N–H and O–H groups in total. The van der Waals surface area contributed by atoms with Crippen LogP contribution in [0.3, 0.4) is 0 Å². The molecule has 1 fully saturated rings. The lowest BCUT2D eigenvalue weighted by molar-refractivity contribution is -0.137. The molecule has 2 heterocycles. The van der Waals surface area contributed by atoms with E-state index in [2.05, 4.69) is 0 Å². The van der Waals surface area contributed by atoms with E-state index in [1.165, 1.54) is 15.7 Å². The molecule has 2 rings (SSSR count). The van der Waals surface area contributed by atoms with Gasteiger partial charge in [0.05, 0.1) is 0 Å². The third-order valence-corrected chi connectivity index (χ3v) is 3.20. The van der Waals surface area contributed by atoms with Crippen molar-refractivity contribution in [1.82, 2.24) is 9.47 Å². The van der Waals surface area contributed by atoms with Gasteiger partial charge in [0.25, 0.3) is 5.91 Å². The highest BCUT2D eigenvalue weighted by atomic mass is 16.4. The van der Waals surface area contributed by atoms with Crippen LogP contribution in [0.2, 0.25) is 0 Å². The largest absolute Gasteiger partial charge is 0.480 e. The summed E-state index contributed by atoms with van der Waals surface area (Å²) < 4.78 is 1.35. The van der Waals surface area contributed by atoms with Crippen LogP contribution in [0.15, 0.2) is 18.3 Å². The molecule has 1 atom stereocenters. The Balaban J connectivity index is 2.22. The summed E-state index contributed by atoms with van der Waals surface area (Å²) in [6.45, 7) is 0.174. The first-order valence-electron chi connectivity index (χ1n) is 5.98. The summed E-state index contributed by atoms with van der Waals surface area (Å²) in [6, 6.07) is 2.55. The third-order valence-electron chi connectivity index (χ3n) is 3.20. The van der Waals surface area contributed by atoms with Gasteiger partial charge in [0, 0.05) is 12.7 Å². The number of likely N-dealkylation sites (tertiary alicyclic amines) is 1. The van der Waals surface area contributed by atoms with E-state index >= 15 is 0 Å². The topological polar surface area (TPSA) is 106 Å². The Morgan fingerprint density at radius 2 is 2.16 bits per heavy atom. The number of nitrogens with two attached hydrogens (primary N) is 1. The Morgan fingerprint density at radius 1 is 1.42 bits per heavy atom. The first kappa shape index (κ1) is 13.1. The third kappa shape index (κ3) is 2.59. The summed E-state index contributed by atoms with van der Waals surface area (Å²) in [7, 11) is 0. The molecule has 7 nitrogen and oxygen atoms in total. The van der Waals surface area contributed by atoms with Crippen molar-refractivity contribution < 1.29 is 19.5 Å². The molecule has 0 aromatic carbocycles. The van der Waals surface area contributed by atoms with Crippen molar-refractivity contribution in [3.8, 4) is 0 Å². The van der Waals surface area contributed by atoms with Gasteiger partial charge in [0.1, 0.15) is 18.3 Å². The van der Waals surface area contributed by atoms with Crippen molar-refractivity contribution in [2.45, 2.75) is 25.4 Å². The number of carboxylic acids is 1. The second-order valence-electron chi connectivity index (χ2n) is 4.47. The zero-order valence-electron chi connectivity index (χ0n) is 10.3. The summed E-state index contributed by atoms with van der Waals surface area (Å²) in [4.78, 5) is 35.7. The molecular weight excluding hydrogens is 250 g/mol. The van der Waals surface area contributed by atoms with Crippen LogP contribution < -0.4 is 5.73 Å². The van der Waals surface area contributed by atoms with E-state index in [1.807, 2.05) is 0 Å². The minimum atomic E-state index is -1.03. The minimum absolute atomic E-state index is 0.260. The van der Waals surface area contributed by atoms with Crippen molar-refractivity contribution in [2.75, 3.05) is 6.54 Å². The Morgan fingerprint density at radius 3 is 2.79 bits per heavy atom. The lowest BCUT2D eigenvalue weighted by Crippen LogP contribution is -2.44. The molecule has 0 aliphatic carbocycles. The number of aromatic nitrogens is 1. The standard InChI is InChI=1S/C12H15N3O4/c13-11(18)8-3-2-6-15(8)12(19)9-4-1-5-14(9)7-10(16)17/h1,4-5,8H,2-3,6-7H2,(H2,13,18)(H,16,17). The maximum Gasteiger partial charge on any atom is 0.323 e. The summed E-state index contributed by atoms with van der Waals surface area (Å²) in [5.41, 5.74) is 5.52. The Kier molecular flexibility index (Phi) is 3.55. The van der Waals surface area contributed by atoms with Crippen LogP contribution >= 0.6 is 0 Å². The maximum absolute atomic E-state index is 12.3. The van der Waals surface area contributed by atoms with Crippen LogP contribution in [0.5, 0.6) is 0 Å². The van der Waals surface area contributed by atoms with Crippen LogP contribution in [-0.2, 0) is 16.1 Å². The van der Waals surface area contributed by atoms with Crippen molar-refractivity contribution in [3.05, 3.63) is 24.0 Å². The van der Waals surface area contributed by atoms with Crippen LogP contribution in [0, 0.1) is 0 Å². The van der Waals surface area contributed by atoms with E-state index in [0.717, 1.165) is 6.42 Å². The van der Waals surface area contributed by atoms with E-state index < -0.39 is 17.9 Å². The van der Waals surface area contributed by atoms with E-state index in [1.54, 1.807) is 12.1 Å². The number of carboxylic acid groups (broad SMARTS) is 1. The normalized spacial score (nSPS) is 18.5. The molecule has 1 aromatic rings. The first-order chi connectivity index (χ1) is 9.00. The average molecular weight is 265 g/mol. The molecular formula is C12H15N3O4. The van der Waals surface area contributed by atoms with E-state index in [0.29, 0.717) is 13.0 Å². The highest BCUT2D eigenvalue weighted by molar-refractivity contribution is 5.96. The van der Waals surface area contributed by atoms with Crippen LogP contribution in [0.25, 0.3) is 0 Å². The number of amides is 2. The van der Waals surface area contributed by atoms with Gasteiger partial charge < -0.3 is 20.3 Å². The van der Waals surface area contributed by atoms with Crippen LogP contribution in [0.4, 0.5) is 0 Å². The Hall–Kier alpha value is -2.31. The molecule has 1 saturated heterocycles. The van der Waals surface area contributed by atoms with E-state index in [9.17, 15) is 14.4 Å². The van der Waals surface area contributed by atoms with Crippen LogP contribution in [-0.4, -0.2) is 44.9 Å². The van der Waals surface area contributed by atoms with Gasteiger partial charge in [-0.3, -0.25) is 14.4 Å². The van der Waals surface area contributed by atoms with Gasteiger partial charge in [-0.1, -0.05) is 0 Å². The molecule has 0 bridgehead atoms. The minimum Gasteiger partial charge on any atom is -0.480 e. The molecule has 1 aromatic heterocycles. The highest BCUT2D eigenvalue weighted by Crippen LogP contribution is 2.20. The number of carbonyl (C=O) groups excluding carboxylic acids is 2. The number of rotatable bonds is 4. The number of hydrogen-bond donors (Lipinski definition) is 2. The molecule has 19 heavy (non-hydrogen) atoms. The molecule has 102 valence electrons. The van der Waals surface area contributed by atoms with E-state index in [4.69, 9.17) is 10.8 Å². The quantitative estimate of drug-likeness (QED) is 0.777. The number of primary amides is 1. The second kappa shape index (κ2) is 5.13. The summed E-state index contributed by atoms with van der Waals surface area (Å²) >= 11 is 0. The Labute approximate surface area is 109 Å². The van der Waals surface area contributed by atoms with Gasteiger partial charge in [-0.2, -0.15) is 0 Å². The lowest BCUT2D eigenvalue weighted by atomic mass is 10.2. The molecule has 0 saturated carbocycles. The zero-order chi connectivity index (χ0) is 14.0. The highest BCUT2D eigenvalue weighted by Gasteiger charge is 2.34. The molecule has 1 aliphatic heterocycles. The molecule has 1 aliphatic rings. The SMILES string of the molecule is NC(=O)C1CCCN1C(=O)c1cccn1CC(=O)O. The Bertz CT molecular complexity index is 523. The summed E-state index contributed by atoms with van der Waals surface area (Å²) in [5.74, 6) is -1.91. The lowest BCUT2D eigenvalue weighted by Gasteiger charge is -2.22. The number of nitrogens with zero attached hydrogens (tertiary/aromatic N) is 2. The molecule has 0 spiro atoms. The van der Waals surface area contributed by atoms with Gasteiger partial charge >= 0.3 is 5.97 Å². The van der Waals surface area contributed by atoms with Gasteiger partial charge in [-0.25, -0.2) is 0 Å². The maximum atomic E-state index is 12.3. The number of aliphatic carboxylic acids is 1.